The lowest BCUT2D eigenvalue weighted by molar-refractivity contribution is -0.201. The number of aliphatic carboxylic acids is 1. The van der Waals surface area contributed by atoms with Crippen LogP contribution in [0.5, 0.6) is 0 Å². The highest BCUT2D eigenvalue weighted by Crippen LogP contribution is 2.31. The second-order valence-corrected chi connectivity index (χ2v) is 4.50. The fraction of sp³-hybridized carbons (Fsp3) is 0.636. The summed E-state index contributed by atoms with van der Waals surface area (Å²) in [5, 5.41) is 12.6. The van der Waals surface area contributed by atoms with Crippen molar-refractivity contribution in [3.63, 3.8) is 0 Å². The topological polar surface area (TPSA) is 81.1 Å². The first kappa shape index (κ1) is 15.5. The number of halogens is 3. The smallest absolute Gasteiger partial charge is 0.417 e. The summed E-state index contributed by atoms with van der Waals surface area (Å²) >= 11 is 0. The van der Waals surface area contributed by atoms with Crippen molar-refractivity contribution in [1.82, 2.24) is 9.78 Å². The molecule has 2 unspecified atom stereocenters. The van der Waals surface area contributed by atoms with Gasteiger partial charge in [0.15, 0.2) is 0 Å². The van der Waals surface area contributed by atoms with E-state index in [1.807, 2.05) is 13.8 Å². The van der Waals surface area contributed by atoms with E-state index in [2.05, 4.69) is 5.10 Å². The molecule has 3 N–H and O–H groups in total. The summed E-state index contributed by atoms with van der Waals surface area (Å²) in [6.45, 7) is 3.76. The first-order valence-electron chi connectivity index (χ1n) is 5.75. The SMILES string of the molecule is CCC(C)n1ccc(CC(N)(C(=O)O)C(F)(F)F)n1. The molecule has 0 bridgehead atoms. The number of nitrogens with zero attached hydrogens (tertiary/aromatic N) is 2. The molecule has 0 aliphatic carbocycles. The van der Waals surface area contributed by atoms with Gasteiger partial charge in [0.1, 0.15) is 0 Å². The Morgan fingerprint density at radius 1 is 1.58 bits per heavy atom. The van der Waals surface area contributed by atoms with Gasteiger partial charge in [-0.05, 0) is 19.4 Å². The summed E-state index contributed by atoms with van der Waals surface area (Å²) in [7, 11) is 0. The van der Waals surface area contributed by atoms with E-state index in [-0.39, 0.29) is 11.7 Å². The van der Waals surface area contributed by atoms with Gasteiger partial charge in [-0.25, -0.2) is 4.79 Å². The summed E-state index contributed by atoms with van der Waals surface area (Å²) in [5.41, 5.74) is 1.68. The minimum absolute atomic E-state index is 0.00234. The van der Waals surface area contributed by atoms with Gasteiger partial charge in [0.2, 0.25) is 5.54 Å². The monoisotopic (exact) mass is 279 g/mol. The van der Waals surface area contributed by atoms with Crippen molar-refractivity contribution >= 4 is 5.97 Å². The van der Waals surface area contributed by atoms with Crippen molar-refractivity contribution in [2.75, 3.05) is 0 Å². The minimum Gasteiger partial charge on any atom is -0.480 e. The van der Waals surface area contributed by atoms with Crippen molar-refractivity contribution in [2.24, 2.45) is 5.73 Å². The van der Waals surface area contributed by atoms with Crippen LogP contribution in [0.15, 0.2) is 12.3 Å². The lowest BCUT2D eigenvalue weighted by Gasteiger charge is -2.26. The fourth-order valence-corrected chi connectivity index (χ4v) is 1.49. The molecular weight excluding hydrogens is 263 g/mol. The van der Waals surface area contributed by atoms with E-state index in [4.69, 9.17) is 10.8 Å². The number of nitrogens with two attached hydrogens (primary N) is 1. The van der Waals surface area contributed by atoms with Crippen LogP contribution in [0, 0.1) is 0 Å². The van der Waals surface area contributed by atoms with Crippen molar-refractivity contribution in [1.29, 1.82) is 0 Å². The Hall–Kier alpha value is -1.57. The first-order chi connectivity index (χ1) is 8.61. The number of carbonyl (C=O) groups is 1. The quantitative estimate of drug-likeness (QED) is 0.860. The van der Waals surface area contributed by atoms with Gasteiger partial charge in [-0.3, -0.25) is 4.68 Å². The molecule has 19 heavy (non-hydrogen) atoms. The highest BCUT2D eigenvalue weighted by molar-refractivity contribution is 5.80. The van der Waals surface area contributed by atoms with Gasteiger partial charge in [0, 0.05) is 18.7 Å². The summed E-state index contributed by atoms with van der Waals surface area (Å²) < 4.78 is 39.7. The maximum Gasteiger partial charge on any atom is 0.417 e. The Bertz CT molecular complexity index is 458. The van der Waals surface area contributed by atoms with Crippen LogP contribution in [0.2, 0.25) is 0 Å². The average molecular weight is 279 g/mol. The molecule has 0 radical (unpaired) electrons. The number of hydrogen-bond donors (Lipinski definition) is 2. The van der Waals surface area contributed by atoms with Crippen molar-refractivity contribution in [3.05, 3.63) is 18.0 Å². The number of carboxylic acids is 1. The van der Waals surface area contributed by atoms with E-state index in [1.54, 1.807) is 0 Å². The fourth-order valence-electron chi connectivity index (χ4n) is 1.49. The molecule has 5 nitrogen and oxygen atoms in total. The molecule has 1 rings (SSSR count). The standard InChI is InChI=1S/C11H16F3N3O2/c1-3-7(2)17-5-4-8(16-17)6-10(15,9(18)19)11(12,13)14/h4-5,7H,3,6,15H2,1-2H3,(H,18,19). The summed E-state index contributed by atoms with van der Waals surface area (Å²) in [5.74, 6) is -2.11. The molecule has 0 aromatic carbocycles. The highest BCUT2D eigenvalue weighted by Gasteiger charge is 2.58. The predicted octanol–water partition coefficient (Wildman–Crippen LogP) is 1.74. The van der Waals surface area contributed by atoms with Crippen LogP contribution >= 0.6 is 0 Å². The van der Waals surface area contributed by atoms with Crippen LogP contribution in [-0.4, -0.2) is 32.6 Å². The van der Waals surface area contributed by atoms with E-state index in [1.165, 1.54) is 16.9 Å². The van der Waals surface area contributed by atoms with Gasteiger partial charge in [-0.2, -0.15) is 18.3 Å². The predicted molar refractivity (Wildman–Crippen MR) is 61.5 cm³/mol. The molecule has 1 aromatic heterocycles. The molecule has 0 fully saturated rings. The molecule has 1 heterocycles. The van der Waals surface area contributed by atoms with Gasteiger partial charge in [0.05, 0.1) is 5.69 Å². The zero-order valence-electron chi connectivity index (χ0n) is 10.6. The zero-order chi connectivity index (χ0) is 14.8. The molecule has 8 heteroatoms. The Morgan fingerprint density at radius 2 is 2.16 bits per heavy atom. The molecule has 0 saturated carbocycles. The van der Waals surface area contributed by atoms with Gasteiger partial charge >= 0.3 is 12.1 Å². The lowest BCUT2D eigenvalue weighted by Crippen LogP contribution is -2.61. The molecule has 0 amide bonds. The number of carboxylic acid groups (broad SMARTS) is 1. The lowest BCUT2D eigenvalue weighted by atomic mass is 9.94. The third-order valence-electron chi connectivity index (χ3n) is 3.05. The van der Waals surface area contributed by atoms with Crippen molar-refractivity contribution < 1.29 is 23.1 Å². The van der Waals surface area contributed by atoms with Gasteiger partial charge < -0.3 is 10.8 Å². The average Bonchev–Trinajstić information content (AvgIpc) is 2.74. The number of aromatic nitrogens is 2. The van der Waals surface area contributed by atoms with E-state index >= 15 is 0 Å². The van der Waals surface area contributed by atoms with Crippen LogP contribution in [-0.2, 0) is 11.2 Å². The second-order valence-electron chi connectivity index (χ2n) is 4.50. The molecular formula is C11H16F3N3O2. The molecule has 0 aliphatic heterocycles. The Balaban J connectivity index is 2.99. The van der Waals surface area contributed by atoms with Crippen LogP contribution < -0.4 is 5.73 Å². The van der Waals surface area contributed by atoms with Crippen molar-refractivity contribution in [2.45, 2.75) is 44.4 Å². The van der Waals surface area contributed by atoms with Gasteiger partial charge in [-0.15, -0.1) is 0 Å². The van der Waals surface area contributed by atoms with E-state index in [0.29, 0.717) is 0 Å². The number of hydrogen-bond acceptors (Lipinski definition) is 3. The number of alkyl halides is 3. The zero-order valence-corrected chi connectivity index (χ0v) is 10.6. The molecule has 2 atom stereocenters. The maximum absolute atomic E-state index is 12.7. The summed E-state index contributed by atoms with van der Waals surface area (Å²) in [6.07, 6.45) is -3.66. The van der Waals surface area contributed by atoms with Crippen molar-refractivity contribution in [3.8, 4) is 0 Å². The van der Waals surface area contributed by atoms with E-state index < -0.39 is 24.1 Å². The summed E-state index contributed by atoms with van der Waals surface area (Å²) in [6, 6.07) is 1.37. The third-order valence-corrected chi connectivity index (χ3v) is 3.05. The molecule has 0 aliphatic rings. The summed E-state index contributed by atoms with van der Waals surface area (Å²) in [4.78, 5) is 10.8. The highest BCUT2D eigenvalue weighted by atomic mass is 19.4. The Labute approximate surface area is 108 Å². The maximum atomic E-state index is 12.7. The second kappa shape index (κ2) is 5.20. The first-order valence-corrected chi connectivity index (χ1v) is 5.75. The molecule has 108 valence electrons. The van der Waals surface area contributed by atoms with Gasteiger partial charge in [-0.1, -0.05) is 6.92 Å². The van der Waals surface area contributed by atoms with Crippen LogP contribution in [0.25, 0.3) is 0 Å². The largest absolute Gasteiger partial charge is 0.480 e. The van der Waals surface area contributed by atoms with E-state index in [9.17, 15) is 18.0 Å². The van der Waals surface area contributed by atoms with Crippen LogP contribution in [0.3, 0.4) is 0 Å². The molecule has 0 spiro atoms. The minimum atomic E-state index is -5.04. The van der Waals surface area contributed by atoms with E-state index in [0.717, 1.165) is 6.42 Å². The Kier molecular flexibility index (Phi) is 4.24. The third kappa shape index (κ3) is 3.06. The molecule has 0 saturated heterocycles. The van der Waals surface area contributed by atoms with Crippen LogP contribution in [0.1, 0.15) is 32.0 Å². The van der Waals surface area contributed by atoms with Gasteiger partial charge in [0.25, 0.3) is 0 Å². The van der Waals surface area contributed by atoms with Crippen LogP contribution in [0.4, 0.5) is 13.2 Å². The number of rotatable bonds is 5. The Morgan fingerprint density at radius 3 is 2.58 bits per heavy atom. The normalized spacial score (nSPS) is 16.9. The molecule has 1 aromatic rings.